The molecule has 1 heterocycles. The smallest absolute Gasteiger partial charge is 0.407 e. The molecule has 6 N–H and O–H groups in total. The maximum Gasteiger partial charge on any atom is 0.407 e. The van der Waals surface area contributed by atoms with Crippen LogP contribution >= 0.6 is 0 Å². The van der Waals surface area contributed by atoms with Gasteiger partial charge >= 0.3 is 6.09 Å². The molecule has 0 radical (unpaired) electrons. The van der Waals surface area contributed by atoms with Crippen molar-refractivity contribution >= 4 is 28.7 Å². The van der Waals surface area contributed by atoms with E-state index < -0.39 is 12.1 Å². The molecule has 1 aliphatic rings. The first-order valence-corrected chi connectivity index (χ1v) is 17.0. The first-order valence-electron chi connectivity index (χ1n) is 17.0. The maximum absolute atomic E-state index is 14.4. The monoisotopic (exact) mass is 648 g/mol. The number of amides is 2. The van der Waals surface area contributed by atoms with Gasteiger partial charge < -0.3 is 31.7 Å². The Morgan fingerprint density at radius 2 is 1.62 bits per heavy atom. The SMILES string of the molecule is CCCOC(=O)N[C@@H](Cc1ccc2ccccc2c1)[C@H]1CCN(CC(c2ccccc2)c2ccccc2)C(=O)[C@H](CCCN=C(N)N)N1. The van der Waals surface area contributed by atoms with Crippen LogP contribution in [0, 0.1) is 0 Å². The molecule has 252 valence electrons. The number of alkyl carbamates (subject to hydrolysis) is 1. The average molecular weight is 649 g/mol. The molecule has 0 spiro atoms. The van der Waals surface area contributed by atoms with E-state index in [0.717, 1.165) is 33.9 Å². The van der Waals surface area contributed by atoms with Gasteiger partial charge in [0.25, 0.3) is 0 Å². The lowest BCUT2D eigenvalue weighted by molar-refractivity contribution is -0.133. The molecule has 1 aliphatic heterocycles. The van der Waals surface area contributed by atoms with Gasteiger partial charge in [-0.3, -0.25) is 9.79 Å². The quantitative estimate of drug-likeness (QED) is 0.0830. The van der Waals surface area contributed by atoms with Gasteiger partial charge in [0.1, 0.15) is 0 Å². The van der Waals surface area contributed by atoms with Gasteiger partial charge in [0.05, 0.1) is 18.7 Å². The number of nitrogens with one attached hydrogen (secondary N) is 2. The number of carbonyl (C=O) groups excluding carboxylic acids is 2. The van der Waals surface area contributed by atoms with Crippen LogP contribution in [0.3, 0.4) is 0 Å². The molecular weight excluding hydrogens is 600 g/mol. The van der Waals surface area contributed by atoms with E-state index in [1.54, 1.807) is 0 Å². The Kier molecular flexibility index (Phi) is 12.4. The summed E-state index contributed by atoms with van der Waals surface area (Å²) in [4.78, 5) is 33.5. The van der Waals surface area contributed by atoms with E-state index in [-0.39, 0.29) is 29.9 Å². The highest BCUT2D eigenvalue weighted by atomic mass is 16.5. The molecule has 1 saturated heterocycles. The molecule has 9 nitrogen and oxygen atoms in total. The summed E-state index contributed by atoms with van der Waals surface area (Å²) in [6.07, 6.45) is 2.69. The van der Waals surface area contributed by atoms with Gasteiger partial charge in [-0.25, -0.2) is 4.79 Å². The number of nitrogens with two attached hydrogens (primary N) is 2. The number of benzene rings is 4. The highest BCUT2D eigenvalue weighted by Crippen LogP contribution is 2.28. The number of hydrogen-bond acceptors (Lipinski definition) is 5. The fraction of sp³-hybridized carbons (Fsp3) is 0.359. The van der Waals surface area contributed by atoms with Crippen LogP contribution in [-0.4, -0.2) is 67.2 Å². The Hall–Kier alpha value is -4.89. The van der Waals surface area contributed by atoms with Gasteiger partial charge in [-0.05, 0) is 59.6 Å². The largest absolute Gasteiger partial charge is 0.450 e. The number of carbonyl (C=O) groups is 2. The molecule has 0 aliphatic carbocycles. The van der Waals surface area contributed by atoms with E-state index in [0.29, 0.717) is 51.9 Å². The van der Waals surface area contributed by atoms with Crippen LogP contribution in [0.25, 0.3) is 10.8 Å². The highest BCUT2D eigenvalue weighted by molar-refractivity contribution is 5.83. The van der Waals surface area contributed by atoms with Crippen molar-refractivity contribution in [2.45, 2.75) is 63.1 Å². The van der Waals surface area contributed by atoms with E-state index in [2.05, 4.69) is 70.2 Å². The zero-order valence-electron chi connectivity index (χ0n) is 27.8. The number of aliphatic imine (C=N–C) groups is 1. The number of rotatable bonds is 14. The third-order valence-electron chi connectivity index (χ3n) is 8.98. The predicted molar refractivity (Wildman–Crippen MR) is 193 cm³/mol. The maximum atomic E-state index is 14.4. The molecule has 0 bridgehead atoms. The normalized spacial score (nSPS) is 17.1. The summed E-state index contributed by atoms with van der Waals surface area (Å²) in [6.45, 7) is 3.81. The Labute approximate surface area is 283 Å². The number of guanidine groups is 1. The second-order valence-electron chi connectivity index (χ2n) is 12.5. The second kappa shape index (κ2) is 17.3. The molecule has 9 heteroatoms. The van der Waals surface area contributed by atoms with Crippen LogP contribution in [0.1, 0.15) is 55.2 Å². The summed E-state index contributed by atoms with van der Waals surface area (Å²) in [5, 5.41) is 9.15. The molecule has 3 atom stereocenters. The van der Waals surface area contributed by atoms with Gasteiger partial charge in [0.2, 0.25) is 5.91 Å². The van der Waals surface area contributed by atoms with Crippen LogP contribution in [0.4, 0.5) is 4.79 Å². The first kappa shape index (κ1) is 34.4. The predicted octanol–water partition coefficient (Wildman–Crippen LogP) is 5.33. The van der Waals surface area contributed by atoms with Crippen molar-refractivity contribution in [3.05, 3.63) is 120 Å². The van der Waals surface area contributed by atoms with Gasteiger partial charge in [0.15, 0.2) is 5.96 Å². The minimum atomic E-state index is -0.480. The zero-order valence-corrected chi connectivity index (χ0v) is 27.8. The Morgan fingerprint density at radius 3 is 2.29 bits per heavy atom. The van der Waals surface area contributed by atoms with Crippen molar-refractivity contribution in [1.29, 1.82) is 0 Å². The molecule has 4 aromatic rings. The summed E-state index contributed by atoms with van der Waals surface area (Å²) in [6, 6.07) is 34.3. The van der Waals surface area contributed by atoms with E-state index in [1.807, 2.05) is 60.4 Å². The minimum absolute atomic E-state index is 0.00531. The van der Waals surface area contributed by atoms with Crippen LogP contribution in [-0.2, 0) is 16.0 Å². The van der Waals surface area contributed by atoms with E-state index in [9.17, 15) is 9.59 Å². The fourth-order valence-electron chi connectivity index (χ4n) is 6.54. The van der Waals surface area contributed by atoms with Crippen LogP contribution in [0.5, 0.6) is 0 Å². The van der Waals surface area contributed by atoms with Gasteiger partial charge in [-0.1, -0.05) is 110 Å². The molecule has 4 aromatic carbocycles. The number of ether oxygens (including phenoxy) is 1. The molecule has 0 unspecified atom stereocenters. The zero-order chi connectivity index (χ0) is 33.7. The molecular formula is C39H48N6O3. The highest BCUT2D eigenvalue weighted by Gasteiger charge is 2.36. The van der Waals surface area contributed by atoms with Crippen molar-refractivity contribution in [1.82, 2.24) is 15.5 Å². The number of hydrogen-bond donors (Lipinski definition) is 4. The first-order chi connectivity index (χ1) is 23.4. The summed E-state index contributed by atoms with van der Waals surface area (Å²) in [5.74, 6) is 0.0799. The molecule has 2 amide bonds. The molecule has 48 heavy (non-hydrogen) atoms. The van der Waals surface area contributed by atoms with Crippen LogP contribution < -0.4 is 22.1 Å². The van der Waals surface area contributed by atoms with Gasteiger partial charge in [-0.2, -0.15) is 0 Å². The van der Waals surface area contributed by atoms with Gasteiger partial charge in [0, 0.05) is 31.6 Å². The molecule has 1 fully saturated rings. The summed E-state index contributed by atoms with van der Waals surface area (Å²) in [5.41, 5.74) is 14.6. The summed E-state index contributed by atoms with van der Waals surface area (Å²) < 4.78 is 5.48. The standard InChI is InChI=1S/C39H48N6O3/c1-2-24-48-39(47)44-36(26-28-19-20-29-12-9-10-17-32(29)25-28)34-21-23-45(37(46)35(43-34)18-11-22-42-38(40)41)27-33(30-13-5-3-6-14-30)31-15-7-4-8-16-31/h3-10,12-17,19-20,25,33-36,43H,2,11,18,21-24,26-27H2,1H3,(H,44,47)(H4,40,41,42)/t34-,35+,36+/m1/s1. The average Bonchev–Trinajstić information content (AvgIpc) is 3.26. The summed E-state index contributed by atoms with van der Waals surface area (Å²) >= 11 is 0. The third-order valence-corrected chi connectivity index (χ3v) is 8.98. The molecule has 0 saturated carbocycles. The van der Waals surface area contributed by atoms with Crippen molar-refractivity contribution in [3.63, 3.8) is 0 Å². The lowest BCUT2D eigenvalue weighted by Crippen LogP contribution is -2.55. The van der Waals surface area contributed by atoms with E-state index >= 15 is 0 Å². The minimum Gasteiger partial charge on any atom is -0.450 e. The van der Waals surface area contributed by atoms with Crippen molar-refractivity contribution in [2.24, 2.45) is 16.5 Å². The molecule has 5 rings (SSSR count). The number of fused-ring (bicyclic) bond motifs is 1. The fourth-order valence-corrected chi connectivity index (χ4v) is 6.54. The lowest BCUT2D eigenvalue weighted by atomic mass is 9.90. The van der Waals surface area contributed by atoms with Gasteiger partial charge in [-0.15, -0.1) is 0 Å². The molecule has 0 aromatic heterocycles. The van der Waals surface area contributed by atoms with E-state index in [1.165, 1.54) is 0 Å². The lowest BCUT2D eigenvalue weighted by Gasteiger charge is -2.30. The topological polar surface area (TPSA) is 135 Å². The van der Waals surface area contributed by atoms with E-state index in [4.69, 9.17) is 16.2 Å². The Balaban J connectivity index is 1.43. The Morgan fingerprint density at radius 1 is 0.958 bits per heavy atom. The Bertz CT molecular complexity index is 1600. The van der Waals surface area contributed by atoms with Crippen molar-refractivity contribution in [3.8, 4) is 0 Å². The summed E-state index contributed by atoms with van der Waals surface area (Å²) in [7, 11) is 0. The van der Waals surface area contributed by atoms with Crippen LogP contribution in [0.2, 0.25) is 0 Å². The third kappa shape index (κ3) is 9.58. The van der Waals surface area contributed by atoms with Crippen LogP contribution in [0.15, 0.2) is 108 Å². The number of nitrogens with zero attached hydrogens (tertiary/aromatic N) is 2. The second-order valence-corrected chi connectivity index (χ2v) is 12.5. The van der Waals surface area contributed by atoms with Crippen molar-refractivity contribution < 1.29 is 14.3 Å². The van der Waals surface area contributed by atoms with Crippen molar-refractivity contribution in [2.75, 3.05) is 26.2 Å².